The van der Waals surface area contributed by atoms with Gasteiger partial charge in [0.25, 0.3) is 0 Å². The van der Waals surface area contributed by atoms with Crippen molar-refractivity contribution in [2.75, 3.05) is 25.6 Å². The van der Waals surface area contributed by atoms with Crippen LogP contribution in [-0.2, 0) is 16.1 Å². The number of carbonyl (C=O) groups is 1. The van der Waals surface area contributed by atoms with Crippen molar-refractivity contribution in [1.29, 1.82) is 0 Å². The summed E-state index contributed by atoms with van der Waals surface area (Å²) in [5, 5.41) is 6.56. The molecule has 2 aromatic carbocycles. The number of rotatable bonds is 9. The zero-order chi connectivity index (χ0) is 21.5. The molecule has 0 unspecified atom stereocenters. The lowest BCUT2D eigenvalue weighted by Gasteiger charge is -2.15. The largest absolute Gasteiger partial charge is 0.491 e. The van der Waals surface area contributed by atoms with Gasteiger partial charge >= 0.3 is 0 Å². The fourth-order valence-corrected chi connectivity index (χ4v) is 2.88. The molecule has 2 N–H and O–H groups in total. The van der Waals surface area contributed by atoms with Crippen LogP contribution in [0, 0.1) is 5.82 Å². The van der Waals surface area contributed by atoms with Gasteiger partial charge in [0.05, 0.1) is 17.1 Å². The van der Waals surface area contributed by atoms with Gasteiger partial charge in [-0.3, -0.25) is 4.79 Å². The molecule has 1 amide bonds. The van der Waals surface area contributed by atoms with Gasteiger partial charge in [0.15, 0.2) is 0 Å². The molecule has 156 valence electrons. The highest BCUT2D eigenvalue weighted by Gasteiger charge is 2.13. The zero-order valence-corrected chi connectivity index (χ0v) is 17.0. The molecule has 0 aliphatic carbocycles. The number of nitrogens with one attached hydrogen (secondary N) is 2. The molecule has 0 bridgehead atoms. The first-order chi connectivity index (χ1) is 14.5. The Morgan fingerprint density at radius 1 is 1.27 bits per heavy atom. The number of fused-ring (bicyclic) bond motifs is 1. The highest BCUT2D eigenvalue weighted by Crippen LogP contribution is 2.30. The Kier molecular flexibility index (Phi) is 7.16. The van der Waals surface area contributed by atoms with Gasteiger partial charge in [0, 0.05) is 36.4 Å². The van der Waals surface area contributed by atoms with E-state index < -0.39 is 5.82 Å². The lowest BCUT2D eigenvalue weighted by atomic mass is 10.1. The summed E-state index contributed by atoms with van der Waals surface area (Å²) < 4.78 is 24.3. The van der Waals surface area contributed by atoms with Crippen LogP contribution in [0.3, 0.4) is 0 Å². The normalized spacial score (nSPS) is 10.6. The number of methoxy groups -OCH3 is 1. The van der Waals surface area contributed by atoms with Crippen molar-refractivity contribution >= 4 is 39.9 Å². The second kappa shape index (κ2) is 10.00. The molecule has 0 radical (unpaired) electrons. The number of amides is 1. The predicted octanol–water partition coefficient (Wildman–Crippen LogP) is 3.99. The first-order valence-electron chi connectivity index (χ1n) is 9.03. The third-order valence-corrected chi connectivity index (χ3v) is 4.47. The van der Waals surface area contributed by atoms with E-state index in [0.29, 0.717) is 41.4 Å². The number of hydrogen-bond acceptors (Lipinski definition) is 6. The first-order valence-corrected chi connectivity index (χ1v) is 9.41. The van der Waals surface area contributed by atoms with Gasteiger partial charge in [-0.2, -0.15) is 0 Å². The summed E-state index contributed by atoms with van der Waals surface area (Å²) in [6.07, 6.45) is 2.61. The Balaban J connectivity index is 1.98. The van der Waals surface area contributed by atoms with Crippen LogP contribution in [0.1, 0.15) is 5.56 Å². The van der Waals surface area contributed by atoms with Gasteiger partial charge in [-0.05, 0) is 30.3 Å². The zero-order valence-electron chi connectivity index (χ0n) is 16.2. The van der Waals surface area contributed by atoms with Crippen LogP contribution in [0.5, 0.6) is 5.75 Å². The summed E-state index contributed by atoms with van der Waals surface area (Å²) in [4.78, 5) is 20.2. The number of halogens is 2. The molecule has 1 aromatic heterocycles. The smallest absolute Gasteiger partial charge is 0.243 e. The summed E-state index contributed by atoms with van der Waals surface area (Å²) in [6, 6.07) is 7.89. The number of benzene rings is 2. The van der Waals surface area contributed by atoms with E-state index in [-0.39, 0.29) is 17.5 Å². The van der Waals surface area contributed by atoms with E-state index in [4.69, 9.17) is 21.1 Å². The number of nitrogens with zero attached hydrogens (tertiary/aromatic N) is 2. The monoisotopic (exact) mass is 430 g/mol. The Morgan fingerprint density at radius 2 is 2.10 bits per heavy atom. The van der Waals surface area contributed by atoms with E-state index in [1.807, 2.05) is 6.07 Å². The summed E-state index contributed by atoms with van der Waals surface area (Å²) in [5.74, 6) is 0.259. The lowest BCUT2D eigenvalue weighted by molar-refractivity contribution is -0.116. The van der Waals surface area contributed by atoms with Gasteiger partial charge in [0.1, 0.15) is 30.3 Å². The van der Waals surface area contributed by atoms with Gasteiger partial charge in [-0.25, -0.2) is 14.4 Å². The van der Waals surface area contributed by atoms with E-state index in [0.717, 1.165) is 5.56 Å². The van der Waals surface area contributed by atoms with Crippen molar-refractivity contribution in [2.45, 2.75) is 6.54 Å². The van der Waals surface area contributed by atoms with E-state index in [2.05, 4.69) is 27.2 Å². The molecule has 0 atom stereocenters. The third-order valence-electron chi connectivity index (χ3n) is 4.18. The highest BCUT2D eigenvalue weighted by atomic mass is 35.5. The molecule has 9 heteroatoms. The molecule has 1 heterocycles. The van der Waals surface area contributed by atoms with Crippen molar-refractivity contribution in [2.24, 2.45) is 0 Å². The molecular formula is C21H20ClFN4O3. The van der Waals surface area contributed by atoms with E-state index in [9.17, 15) is 9.18 Å². The quantitative estimate of drug-likeness (QED) is 0.394. The SMILES string of the molecule is C=CC(=O)NCc1cc2c(Nc3ccc(F)c(Cl)c3)ncnc2cc1OCCOC. The first kappa shape index (κ1) is 21.5. The van der Waals surface area contributed by atoms with E-state index >= 15 is 0 Å². The Morgan fingerprint density at radius 3 is 2.83 bits per heavy atom. The maximum atomic E-state index is 13.4. The van der Waals surface area contributed by atoms with Crippen molar-refractivity contribution in [3.05, 3.63) is 65.7 Å². The topological polar surface area (TPSA) is 85.4 Å². The average Bonchev–Trinajstić information content (AvgIpc) is 2.75. The minimum absolute atomic E-state index is 0.0000162. The molecule has 7 nitrogen and oxygen atoms in total. The number of ether oxygens (including phenoxy) is 2. The summed E-state index contributed by atoms with van der Waals surface area (Å²) in [5.41, 5.74) is 1.93. The second-order valence-electron chi connectivity index (χ2n) is 6.22. The number of anilines is 2. The summed E-state index contributed by atoms with van der Waals surface area (Å²) >= 11 is 5.87. The van der Waals surface area contributed by atoms with Crippen LogP contribution < -0.4 is 15.4 Å². The molecule has 0 spiro atoms. The molecule has 0 saturated carbocycles. The molecule has 0 saturated heterocycles. The molecule has 0 aliphatic heterocycles. The molecule has 3 aromatic rings. The van der Waals surface area contributed by atoms with E-state index in [1.54, 1.807) is 19.2 Å². The molecule has 30 heavy (non-hydrogen) atoms. The average molecular weight is 431 g/mol. The van der Waals surface area contributed by atoms with Crippen LogP contribution >= 0.6 is 11.6 Å². The van der Waals surface area contributed by atoms with Gasteiger partial charge in [-0.15, -0.1) is 0 Å². The fourth-order valence-electron chi connectivity index (χ4n) is 2.70. The molecule has 0 fully saturated rings. The van der Waals surface area contributed by atoms with Crippen LogP contribution in [-0.4, -0.2) is 36.2 Å². The lowest BCUT2D eigenvalue weighted by Crippen LogP contribution is -2.20. The third kappa shape index (κ3) is 5.22. The molecule has 0 aliphatic rings. The van der Waals surface area contributed by atoms with Crippen molar-refractivity contribution in [3.63, 3.8) is 0 Å². The summed E-state index contributed by atoms with van der Waals surface area (Å²) in [6.45, 7) is 4.43. The van der Waals surface area contributed by atoms with Crippen molar-refractivity contribution in [1.82, 2.24) is 15.3 Å². The number of aromatic nitrogens is 2. The molecular weight excluding hydrogens is 411 g/mol. The standard InChI is InChI=1S/C21H20ClFN4O3/c1-3-20(28)24-11-13-8-15-18(10-19(13)30-7-6-29-2)25-12-26-21(15)27-14-4-5-17(23)16(22)9-14/h3-5,8-10,12H,1,6-7,11H2,2H3,(H,24,28)(H,25,26,27). The maximum absolute atomic E-state index is 13.4. The predicted molar refractivity (Wildman–Crippen MR) is 114 cm³/mol. The fraction of sp³-hybridized carbons (Fsp3) is 0.190. The van der Waals surface area contributed by atoms with Gasteiger partial charge < -0.3 is 20.1 Å². The van der Waals surface area contributed by atoms with Gasteiger partial charge in [0.2, 0.25) is 5.91 Å². The van der Waals surface area contributed by atoms with Crippen molar-refractivity contribution in [3.8, 4) is 5.75 Å². The van der Waals surface area contributed by atoms with Crippen LogP contribution in [0.4, 0.5) is 15.9 Å². The Hall–Kier alpha value is -3.23. The number of carbonyl (C=O) groups excluding carboxylic acids is 1. The van der Waals surface area contributed by atoms with Crippen LogP contribution in [0.15, 0.2) is 49.3 Å². The van der Waals surface area contributed by atoms with Crippen molar-refractivity contribution < 1.29 is 18.7 Å². The summed E-state index contributed by atoms with van der Waals surface area (Å²) in [7, 11) is 1.59. The van der Waals surface area contributed by atoms with Gasteiger partial charge in [-0.1, -0.05) is 18.2 Å². The second-order valence-corrected chi connectivity index (χ2v) is 6.62. The van der Waals surface area contributed by atoms with Crippen LogP contribution in [0.2, 0.25) is 5.02 Å². The highest BCUT2D eigenvalue weighted by molar-refractivity contribution is 6.31. The Labute approximate surface area is 177 Å². The van der Waals surface area contributed by atoms with Crippen LogP contribution in [0.25, 0.3) is 10.9 Å². The maximum Gasteiger partial charge on any atom is 0.243 e. The minimum atomic E-state index is -0.507. The Bertz CT molecular complexity index is 1080. The van der Waals surface area contributed by atoms with E-state index in [1.165, 1.54) is 24.5 Å². The number of hydrogen-bond donors (Lipinski definition) is 2. The minimum Gasteiger partial charge on any atom is -0.491 e. The molecule has 3 rings (SSSR count).